The van der Waals surface area contributed by atoms with Gasteiger partial charge < -0.3 is 9.47 Å². The third kappa shape index (κ3) is 13.1. The van der Waals surface area contributed by atoms with Crippen molar-refractivity contribution >= 4 is 20.0 Å². The molecule has 0 atom stereocenters. The van der Waals surface area contributed by atoms with Gasteiger partial charge in [0.1, 0.15) is 5.60 Å². The number of rotatable bonds is 6. The van der Waals surface area contributed by atoms with Crippen LogP contribution in [0.15, 0.2) is 12.2 Å². The maximum atomic E-state index is 11.3. The quantitative estimate of drug-likeness (QED) is 0.326. The van der Waals surface area contributed by atoms with Crippen LogP contribution in [0.3, 0.4) is 0 Å². The minimum atomic E-state index is -1.08. The van der Waals surface area contributed by atoms with Crippen LogP contribution in [-0.2, 0) is 19.1 Å². The van der Waals surface area contributed by atoms with E-state index in [1.165, 1.54) is 0 Å². The van der Waals surface area contributed by atoms with Crippen LogP contribution in [0.4, 0.5) is 0 Å². The van der Waals surface area contributed by atoms with Gasteiger partial charge in [0.2, 0.25) is 0 Å². The van der Waals surface area contributed by atoms with Gasteiger partial charge in [0.05, 0.1) is 6.61 Å². The van der Waals surface area contributed by atoms with Gasteiger partial charge in [-0.1, -0.05) is 25.7 Å². The number of carbonyl (C=O) groups excluding carboxylic acids is 2. The molecule has 0 aliphatic rings. The summed E-state index contributed by atoms with van der Waals surface area (Å²) in [6.07, 6.45) is 3.09. The Morgan fingerprint density at radius 2 is 1.58 bits per heavy atom. The summed E-state index contributed by atoms with van der Waals surface area (Å²) < 4.78 is 10.0. The summed E-state index contributed by atoms with van der Waals surface area (Å²) in [4.78, 5) is 22.6. The summed E-state index contributed by atoms with van der Waals surface area (Å²) in [5.74, 6) is -1.03. The first-order valence-corrected chi connectivity index (χ1v) is 10.3. The largest absolute Gasteiger partial charge is 0.463 e. The van der Waals surface area contributed by atoms with Crippen molar-refractivity contribution in [1.82, 2.24) is 0 Å². The van der Waals surface area contributed by atoms with Crippen LogP contribution in [0.1, 0.15) is 27.2 Å². The van der Waals surface area contributed by atoms with Crippen molar-refractivity contribution in [2.24, 2.45) is 0 Å². The van der Waals surface area contributed by atoms with E-state index in [2.05, 4.69) is 19.6 Å². The molecule has 0 aromatic rings. The van der Waals surface area contributed by atoms with E-state index in [0.29, 0.717) is 6.61 Å². The molecule has 0 aliphatic heterocycles. The number of carbonyl (C=O) groups is 2. The van der Waals surface area contributed by atoms with Crippen LogP contribution in [-0.4, -0.2) is 32.2 Å². The molecule has 0 rings (SSSR count). The molecule has 0 N–H and O–H groups in total. The molecule has 0 aromatic carbocycles. The molecule has 5 heteroatoms. The first kappa shape index (κ1) is 17.9. The lowest BCUT2D eigenvalue weighted by Gasteiger charge is -2.17. The smallest absolute Gasteiger partial charge is 0.331 e. The Bertz CT molecular complexity index is 334. The summed E-state index contributed by atoms with van der Waals surface area (Å²) >= 11 is 0. The molecule has 0 saturated heterocycles. The molecule has 110 valence electrons. The van der Waals surface area contributed by atoms with Gasteiger partial charge in [0.25, 0.3) is 0 Å². The fourth-order valence-corrected chi connectivity index (χ4v) is 2.50. The van der Waals surface area contributed by atoms with Crippen LogP contribution >= 0.6 is 0 Å². The van der Waals surface area contributed by atoms with E-state index < -0.39 is 25.6 Å². The van der Waals surface area contributed by atoms with E-state index in [1.807, 2.05) is 0 Å². The second-order valence-electron chi connectivity index (χ2n) is 6.70. The van der Waals surface area contributed by atoms with Gasteiger partial charge in [-0.2, -0.15) is 0 Å². The molecule has 0 unspecified atom stereocenters. The van der Waals surface area contributed by atoms with Crippen LogP contribution in [0.5, 0.6) is 0 Å². The molecule has 0 radical (unpaired) electrons. The Hall–Kier alpha value is -1.10. The van der Waals surface area contributed by atoms with Gasteiger partial charge in [-0.05, 0) is 27.2 Å². The van der Waals surface area contributed by atoms with Gasteiger partial charge in [-0.25, -0.2) is 9.59 Å². The monoisotopic (exact) mass is 286 g/mol. The SMILES string of the molecule is CC(C)(C)OC(=O)/C=C/C(=O)OCCC[Si](C)(C)C. The third-order valence-corrected chi connectivity index (χ3v) is 3.93. The highest BCUT2D eigenvalue weighted by molar-refractivity contribution is 6.76. The summed E-state index contributed by atoms with van der Waals surface area (Å²) in [6, 6.07) is 1.12. The van der Waals surface area contributed by atoms with Crippen molar-refractivity contribution in [2.45, 2.75) is 58.5 Å². The third-order valence-electron chi connectivity index (χ3n) is 2.08. The summed E-state index contributed by atoms with van der Waals surface area (Å²) in [6.45, 7) is 12.5. The lowest BCUT2D eigenvalue weighted by atomic mass is 10.2. The van der Waals surface area contributed by atoms with Crippen molar-refractivity contribution in [2.75, 3.05) is 6.61 Å². The Morgan fingerprint density at radius 3 is 2.05 bits per heavy atom. The van der Waals surface area contributed by atoms with E-state index in [-0.39, 0.29) is 0 Å². The second-order valence-corrected chi connectivity index (χ2v) is 12.3. The van der Waals surface area contributed by atoms with Gasteiger partial charge in [-0.3, -0.25) is 0 Å². The van der Waals surface area contributed by atoms with Gasteiger partial charge >= 0.3 is 11.9 Å². The Morgan fingerprint density at radius 1 is 1.05 bits per heavy atom. The van der Waals surface area contributed by atoms with Gasteiger partial charge in [0.15, 0.2) is 0 Å². The van der Waals surface area contributed by atoms with E-state index in [9.17, 15) is 9.59 Å². The first-order chi connectivity index (χ1) is 8.49. The molecule has 19 heavy (non-hydrogen) atoms. The molecule has 0 saturated carbocycles. The Kier molecular flexibility index (Phi) is 7.04. The summed E-state index contributed by atoms with van der Waals surface area (Å²) in [5, 5.41) is 0. The molecule has 0 amide bonds. The highest BCUT2D eigenvalue weighted by atomic mass is 28.3. The van der Waals surface area contributed by atoms with E-state index >= 15 is 0 Å². The number of esters is 2. The molecule has 0 aliphatic carbocycles. The van der Waals surface area contributed by atoms with Gasteiger partial charge in [0, 0.05) is 20.2 Å². The summed E-state index contributed by atoms with van der Waals surface area (Å²) in [5.41, 5.74) is -0.553. The average Bonchev–Trinajstić information content (AvgIpc) is 2.17. The van der Waals surface area contributed by atoms with Crippen LogP contribution in [0, 0.1) is 0 Å². The van der Waals surface area contributed by atoms with Crippen molar-refractivity contribution < 1.29 is 19.1 Å². The highest BCUT2D eigenvalue weighted by Gasteiger charge is 2.14. The number of hydrogen-bond donors (Lipinski definition) is 0. The fourth-order valence-electron chi connectivity index (χ4n) is 1.30. The number of ether oxygens (including phenoxy) is 2. The average molecular weight is 286 g/mol. The highest BCUT2D eigenvalue weighted by Crippen LogP contribution is 2.11. The van der Waals surface area contributed by atoms with Crippen LogP contribution in [0.2, 0.25) is 25.7 Å². The first-order valence-electron chi connectivity index (χ1n) is 6.57. The number of hydrogen-bond acceptors (Lipinski definition) is 4. The molecule has 4 nitrogen and oxygen atoms in total. The molecule has 0 bridgehead atoms. The fraction of sp³-hybridized carbons (Fsp3) is 0.714. The molecular formula is C14H26O4Si. The molecular weight excluding hydrogens is 260 g/mol. The van der Waals surface area contributed by atoms with E-state index in [4.69, 9.17) is 9.47 Å². The second kappa shape index (κ2) is 7.48. The van der Waals surface area contributed by atoms with Crippen molar-refractivity contribution in [3.05, 3.63) is 12.2 Å². The normalized spacial score (nSPS) is 12.5. The molecule has 0 heterocycles. The Labute approximate surface area is 117 Å². The minimum absolute atomic E-state index is 0.405. The van der Waals surface area contributed by atoms with Crippen LogP contribution < -0.4 is 0 Å². The van der Waals surface area contributed by atoms with Crippen molar-refractivity contribution in [3.8, 4) is 0 Å². The van der Waals surface area contributed by atoms with E-state index in [0.717, 1.165) is 24.6 Å². The zero-order valence-electron chi connectivity index (χ0n) is 12.9. The molecule has 0 fully saturated rings. The Balaban J connectivity index is 3.89. The lowest BCUT2D eigenvalue weighted by Crippen LogP contribution is -2.22. The minimum Gasteiger partial charge on any atom is -0.463 e. The topological polar surface area (TPSA) is 52.6 Å². The lowest BCUT2D eigenvalue weighted by molar-refractivity contribution is -0.149. The van der Waals surface area contributed by atoms with Gasteiger partial charge in [-0.15, -0.1) is 0 Å². The molecule has 0 spiro atoms. The van der Waals surface area contributed by atoms with Crippen molar-refractivity contribution in [1.29, 1.82) is 0 Å². The van der Waals surface area contributed by atoms with Crippen LogP contribution in [0.25, 0.3) is 0 Å². The standard InChI is InChI=1S/C14H26O4Si/c1-14(2,3)18-13(16)9-8-12(15)17-10-7-11-19(4,5)6/h8-9H,7,10-11H2,1-6H3/b9-8+. The van der Waals surface area contributed by atoms with Crippen molar-refractivity contribution in [3.63, 3.8) is 0 Å². The predicted molar refractivity (Wildman–Crippen MR) is 78.7 cm³/mol. The molecule has 0 aromatic heterocycles. The zero-order chi connectivity index (χ0) is 15.1. The predicted octanol–water partition coefficient (Wildman–Crippen LogP) is 3.16. The maximum Gasteiger partial charge on any atom is 0.331 e. The maximum absolute atomic E-state index is 11.3. The summed E-state index contributed by atoms with van der Waals surface area (Å²) in [7, 11) is -1.08. The van der Waals surface area contributed by atoms with E-state index in [1.54, 1.807) is 20.8 Å². The zero-order valence-corrected chi connectivity index (χ0v) is 13.9.